The number of hydrogen-bond donors (Lipinski definition) is 2. The topological polar surface area (TPSA) is 52.1 Å². The summed E-state index contributed by atoms with van der Waals surface area (Å²) in [5, 5.41) is 7.05. The highest BCUT2D eigenvalue weighted by atomic mass is 19.1. The molecule has 0 radical (unpaired) electrons. The van der Waals surface area contributed by atoms with Gasteiger partial charge < -0.3 is 20.3 Å². The number of benzene rings is 1. The van der Waals surface area contributed by atoms with Crippen molar-refractivity contribution in [3.05, 3.63) is 35.6 Å². The van der Waals surface area contributed by atoms with Crippen LogP contribution in [0, 0.1) is 17.7 Å². The van der Waals surface area contributed by atoms with E-state index >= 15 is 0 Å². The van der Waals surface area contributed by atoms with Crippen LogP contribution in [0.1, 0.15) is 38.3 Å². The highest BCUT2D eigenvalue weighted by molar-refractivity contribution is 5.79. The van der Waals surface area contributed by atoms with Gasteiger partial charge in [0.05, 0.1) is 19.3 Å². The van der Waals surface area contributed by atoms with Crippen LogP contribution in [0.5, 0.6) is 0 Å². The molecule has 0 saturated carbocycles. The Morgan fingerprint density at radius 3 is 2.58 bits per heavy atom. The summed E-state index contributed by atoms with van der Waals surface area (Å²) in [6.45, 7) is 13.0. The van der Waals surface area contributed by atoms with Gasteiger partial charge in [-0.25, -0.2) is 4.39 Å². The van der Waals surface area contributed by atoms with Gasteiger partial charge >= 0.3 is 0 Å². The third-order valence-corrected chi connectivity index (χ3v) is 6.21. The zero-order valence-electron chi connectivity index (χ0n) is 19.4. The van der Waals surface area contributed by atoms with E-state index in [1.807, 2.05) is 19.2 Å². The first-order valence-corrected chi connectivity index (χ1v) is 11.8. The van der Waals surface area contributed by atoms with Crippen LogP contribution < -0.4 is 10.6 Å². The fourth-order valence-electron chi connectivity index (χ4n) is 4.69. The molecule has 2 aliphatic heterocycles. The Labute approximate surface area is 187 Å². The Bertz CT molecular complexity index is 675. The second-order valence-corrected chi connectivity index (χ2v) is 9.21. The number of piperidine rings is 1. The van der Waals surface area contributed by atoms with E-state index < -0.39 is 0 Å². The average Bonchev–Trinajstić information content (AvgIpc) is 2.77. The van der Waals surface area contributed by atoms with Crippen LogP contribution in [-0.4, -0.2) is 81.8 Å². The molecule has 0 spiro atoms. The maximum atomic E-state index is 13.5. The van der Waals surface area contributed by atoms with Crippen molar-refractivity contribution in [2.75, 3.05) is 66.1 Å². The molecule has 1 aromatic rings. The van der Waals surface area contributed by atoms with Gasteiger partial charge in [-0.05, 0) is 48.9 Å². The van der Waals surface area contributed by atoms with E-state index in [9.17, 15) is 4.39 Å². The molecule has 2 saturated heterocycles. The highest BCUT2D eigenvalue weighted by Crippen LogP contribution is 2.22. The largest absolute Gasteiger partial charge is 0.379 e. The first kappa shape index (κ1) is 24.0. The number of morpholine rings is 1. The summed E-state index contributed by atoms with van der Waals surface area (Å²) in [5.41, 5.74) is 1.11. The molecular weight excluding hydrogens is 393 g/mol. The minimum Gasteiger partial charge on any atom is -0.379 e. The molecule has 0 aromatic heterocycles. The second kappa shape index (κ2) is 12.4. The van der Waals surface area contributed by atoms with Crippen molar-refractivity contribution < 1.29 is 9.13 Å². The van der Waals surface area contributed by atoms with Crippen molar-refractivity contribution in [1.29, 1.82) is 0 Å². The molecule has 2 heterocycles. The molecule has 3 rings (SSSR count). The van der Waals surface area contributed by atoms with Crippen molar-refractivity contribution >= 4 is 5.96 Å². The van der Waals surface area contributed by atoms with Crippen LogP contribution in [0.2, 0.25) is 0 Å². The van der Waals surface area contributed by atoms with Crippen LogP contribution in [0.3, 0.4) is 0 Å². The summed E-state index contributed by atoms with van der Waals surface area (Å²) in [5.74, 6) is 2.00. The minimum absolute atomic E-state index is 0.152. The molecule has 1 aromatic carbocycles. The molecule has 0 amide bonds. The number of nitrogens with zero attached hydrogens (tertiary/aromatic N) is 3. The van der Waals surface area contributed by atoms with Gasteiger partial charge in [-0.1, -0.05) is 26.0 Å². The fourth-order valence-corrected chi connectivity index (χ4v) is 4.69. The SMILES string of the molecule is CN=C(NCC1CCCN(CC(C)C)C1)NCC(c1ccc(F)cc1)N1CCOCC1. The number of likely N-dealkylation sites (tertiary alicyclic amines) is 1. The number of rotatable bonds is 8. The van der Waals surface area contributed by atoms with Gasteiger partial charge in [0.15, 0.2) is 5.96 Å². The molecule has 2 fully saturated rings. The van der Waals surface area contributed by atoms with Gasteiger partial charge in [0, 0.05) is 46.3 Å². The number of nitrogens with one attached hydrogen (secondary N) is 2. The lowest BCUT2D eigenvalue weighted by molar-refractivity contribution is 0.0170. The Kier molecular flexibility index (Phi) is 9.55. The molecule has 7 heteroatoms. The molecule has 2 N–H and O–H groups in total. The van der Waals surface area contributed by atoms with Crippen molar-refractivity contribution in [2.45, 2.75) is 32.7 Å². The summed E-state index contributed by atoms with van der Waals surface area (Å²) < 4.78 is 19.0. The standard InChI is InChI=1S/C24H40FN5O/c1-19(2)17-29-10-4-5-20(18-29)15-27-24(26-3)28-16-23(30-11-13-31-14-12-30)21-6-8-22(25)9-7-21/h6-9,19-20,23H,4-5,10-18H2,1-3H3,(H2,26,27,28). The fraction of sp³-hybridized carbons (Fsp3) is 0.708. The third kappa shape index (κ3) is 7.74. The van der Waals surface area contributed by atoms with Gasteiger partial charge in [0.25, 0.3) is 0 Å². The van der Waals surface area contributed by atoms with Crippen LogP contribution in [0.15, 0.2) is 29.3 Å². The quantitative estimate of drug-likeness (QED) is 0.488. The van der Waals surface area contributed by atoms with Gasteiger partial charge in [0.2, 0.25) is 0 Å². The Balaban J connectivity index is 1.53. The third-order valence-electron chi connectivity index (χ3n) is 6.21. The summed E-state index contributed by atoms with van der Waals surface area (Å²) in [6.07, 6.45) is 2.54. The summed E-state index contributed by atoms with van der Waals surface area (Å²) in [4.78, 5) is 9.44. The zero-order chi connectivity index (χ0) is 22.1. The predicted molar refractivity (Wildman–Crippen MR) is 125 cm³/mol. The van der Waals surface area contributed by atoms with E-state index in [-0.39, 0.29) is 11.9 Å². The van der Waals surface area contributed by atoms with Gasteiger partial charge in [-0.15, -0.1) is 0 Å². The molecule has 2 atom stereocenters. The molecule has 31 heavy (non-hydrogen) atoms. The van der Waals surface area contributed by atoms with E-state index in [0.29, 0.717) is 11.8 Å². The zero-order valence-corrected chi connectivity index (χ0v) is 19.4. The number of guanidine groups is 1. The van der Waals surface area contributed by atoms with Crippen molar-refractivity contribution in [3.63, 3.8) is 0 Å². The van der Waals surface area contributed by atoms with Crippen LogP contribution in [0.4, 0.5) is 4.39 Å². The Morgan fingerprint density at radius 2 is 1.90 bits per heavy atom. The van der Waals surface area contributed by atoms with Gasteiger partial charge in [-0.3, -0.25) is 9.89 Å². The molecule has 0 aliphatic carbocycles. The van der Waals surface area contributed by atoms with Crippen LogP contribution in [0.25, 0.3) is 0 Å². The lowest BCUT2D eigenvalue weighted by Gasteiger charge is -2.35. The van der Waals surface area contributed by atoms with Crippen LogP contribution >= 0.6 is 0 Å². The Morgan fingerprint density at radius 1 is 1.16 bits per heavy atom. The van der Waals surface area contributed by atoms with E-state index in [0.717, 1.165) is 57.5 Å². The smallest absolute Gasteiger partial charge is 0.191 e. The second-order valence-electron chi connectivity index (χ2n) is 9.21. The first-order chi connectivity index (χ1) is 15.0. The number of halogens is 1. The minimum atomic E-state index is -0.200. The molecule has 174 valence electrons. The van der Waals surface area contributed by atoms with Crippen molar-refractivity contribution in [3.8, 4) is 0 Å². The summed E-state index contributed by atoms with van der Waals surface area (Å²) in [6, 6.07) is 7.01. The van der Waals surface area contributed by atoms with Crippen molar-refractivity contribution in [1.82, 2.24) is 20.4 Å². The van der Waals surface area contributed by atoms with Gasteiger partial charge in [0.1, 0.15) is 5.82 Å². The molecular formula is C24H40FN5O. The van der Waals surface area contributed by atoms with Crippen molar-refractivity contribution in [2.24, 2.45) is 16.8 Å². The summed E-state index contributed by atoms with van der Waals surface area (Å²) >= 11 is 0. The van der Waals surface area contributed by atoms with Gasteiger partial charge in [-0.2, -0.15) is 0 Å². The van der Waals surface area contributed by atoms with Crippen LogP contribution in [-0.2, 0) is 4.74 Å². The van der Waals surface area contributed by atoms with E-state index in [2.05, 4.69) is 39.3 Å². The Hall–Kier alpha value is -1.70. The molecule has 6 nitrogen and oxygen atoms in total. The number of hydrogen-bond acceptors (Lipinski definition) is 4. The molecule has 0 bridgehead atoms. The first-order valence-electron chi connectivity index (χ1n) is 11.8. The normalized spacial score (nSPS) is 22.5. The lowest BCUT2D eigenvalue weighted by Crippen LogP contribution is -2.48. The maximum Gasteiger partial charge on any atom is 0.191 e. The lowest BCUT2D eigenvalue weighted by atomic mass is 9.97. The predicted octanol–water partition coefficient (Wildman–Crippen LogP) is 2.73. The van der Waals surface area contributed by atoms with E-state index in [4.69, 9.17) is 4.74 Å². The number of aliphatic imine (C=N–C) groups is 1. The molecule has 2 aliphatic rings. The average molecular weight is 434 g/mol. The molecule has 2 unspecified atom stereocenters. The highest BCUT2D eigenvalue weighted by Gasteiger charge is 2.24. The number of ether oxygens (including phenoxy) is 1. The summed E-state index contributed by atoms with van der Waals surface area (Å²) in [7, 11) is 1.82. The monoisotopic (exact) mass is 433 g/mol. The van der Waals surface area contributed by atoms with E-state index in [1.165, 1.54) is 25.9 Å². The van der Waals surface area contributed by atoms with E-state index in [1.54, 1.807) is 12.1 Å². The maximum absolute atomic E-state index is 13.5.